The number of likely N-dealkylation sites (tertiary alicyclic amines) is 1. The van der Waals surface area contributed by atoms with Gasteiger partial charge < -0.3 is 19.6 Å². The molecule has 1 atom stereocenters. The van der Waals surface area contributed by atoms with Crippen LogP contribution in [0.2, 0.25) is 0 Å². The zero-order valence-electron chi connectivity index (χ0n) is 11.6. The lowest BCUT2D eigenvalue weighted by atomic mass is 10.00. The average Bonchev–Trinajstić information content (AvgIpc) is 3.12. The van der Waals surface area contributed by atoms with Crippen molar-refractivity contribution in [2.24, 2.45) is 0 Å². The summed E-state index contributed by atoms with van der Waals surface area (Å²) in [5, 5.41) is 9.37. The number of nitrogens with zero attached hydrogens (tertiary/aromatic N) is 2. The van der Waals surface area contributed by atoms with Crippen LogP contribution in [-0.4, -0.2) is 65.3 Å². The van der Waals surface area contributed by atoms with Crippen LogP contribution in [0, 0.1) is 0 Å². The summed E-state index contributed by atoms with van der Waals surface area (Å²) in [4.78, 5) is 27.3. The number of aliphatic carboxylic acids is 1. The molecule has 2 aliphatic rings. The Labute approximate surface area is 113 Å². The number of urea groups is 1. The molecule has 6 heteroatoms. The van der Waals surface area contributed by atoms with Crippen molar-refractivity contribution in [2.45, 2.75) is 44.2 Å². The highest BCUT2D eigenvalue weighted by Crippen LogP contribution is 2.34. The largest absolute Gasteiger partial charge is 0.480 e. The van der Waals surface area contributed by atoms with E-state index in [2.05, 4.69) is 0 Å². The van der Waals surface area contributed by atoms with E-state index in [9.17, 15) is 14.7 Å². The van der Waals surface area contributed by atoms with Gasteiger partial charge >= 0.3 is 12.0 Å². The van der Waals surface area contributed by atoms with Gasteiger partial charge in [-0.2, -0.15) is 0 Å². The van der Waals surface area contributed by atoms with E-state index in [1.54, 1.807) is 18.9 Å². The van der Waals surface area contributed by atoms with Crippen LogP contribution in [0.25, 0.3) is 0 Å². The summed E-state index contributed by atoms with van der Waals surface area (Å²) in [6.07, 6.45) is 3.29. The monoisotopic (exact) mass is 270 g/mol. The number of amides is 2. The van der Waals surface area contributed by atoms with Crippen LogP contribution in [0.4, 0.5) is 4.79 Å². The van der Waals surface area contributed by atoms with Gasteiger partial charge in [0.15, 0.2) is 0 Å². The Balaban J connectivity index is 2.10. The fourth-order valence-corrected chi connectivity index (χ4v) is 2.66. The molecule has 6 nitrogen and oxygen atoms in total. The maximum absolute atomic E-state index is 12.6. The number of hydrogen-bond acceptors (Lipinski definition) is 3. The van der Waals surface area contributed by atoms with E-state index >= 15 is 0 Å². The van der Waals surface area contributed by atoms with Crippen molar-refractivity contribution in [3.8, 4) is 0 Å². The van der Waals surface area contributed by atoms with Gasteiger partial charge in [-0.25, -0.2) is 9.59 Å². The molecule has 1 aliphatic carbocycles. The average molecular weight is 270 g/mol. The van der Waals surface area contributed by atoms with Gasteiger partial charge in [-0.05, 0) is 32.6 Å². The summed E-state index contributed by atoms with van der Waals surface area (Å²) in [7, 11) is 1.60. The summed E-state index contributed by atoms with van der Waals surface area (Å²) in [6, 6.07) is 0.114. The number of carbonyl (C=O) groups is 2. The quantitative estimate of drug-likeness (QED) is 0.813. The van der Waals surface area contributed by atoms with E-state index in [-0.39, 0.29) is 12.1 Å². The van der Waals surface area contributed by atoms with Gasteiger partial charge in [-0.1, -0.05) is 0 Å². The van der Waals surface area contributed by atoms with E-state index in [0.29, 0.717) is 26.1 Å². The molecule has 19 heavy (non-hydrogen) atoms. The van der Waals surface area contributed by atoms with Crippen LogP contribution in [0.3, 0.4) is 0 Å². The maximum atomic E-state index is 12.6. The van der Waals surface area contributed by atoms with E-state index in [4.69, 9.17) is 4.74 Å². The first-order chi connectivity index (χ1) is 9.00. The van der Waals surface area contributed by atoms with Gasteiger partial charge in [0, 0.05) is 26.2 Å². The van der Waals surface area contributed by atoms with Crippen LogP contribution in [0.5, 0.6) is 0 Å². The number of carboxylic acid groups (broad SMARTS) is 1. The van der Waals surface area contributed by atoms with Crippen molar-refractivity contribution in [1.82, 2.24) is 9.80 Å². The maximum Gasteiger partial charge on any atom is 0.329 e. The molecule has 0 aromatic rings. The molecular weight excluding hydrogens is 248 g/mol. The van der Waals surface area contributed by atoms with E-state index < -0.39 is 11.5 Å². The Morgan fingerprint density at radius 1 is 1.47 bits per heavy atom. The summed E-state index contributed by atoms with van der Waals surface area (Å²) >= 11 is 0. The van der Waals surface area contributed by atoms with E-state index in [1.807, 2.05) is 0 Å². The highest BCUT2D eigenvalue weighted by atomic mass is 16.5. The molecule has 1 N–H and O–H groups in total. The SMILES string of the molecule is COCCN(C(=O)N1CCCC1(C)C(=O)O)C1CC1. The Kier molecular flexibility index (Phi) is 3.99. The minimum atomic E-state index is -1.06. The molecule has 2 amide bonds. The van der Waals surface area contributed by atoms with Crippen molar-refractivity contribution in [3.63, 3.8) is 0 Å². The summed E-state index contributed by atoms with van der Waals surface area (Å²) in [5.74, 6) is -0.916. The van der Waals surface area contributed by atoms with E-state index in [1.165, 1.54) is 4.90 Å². The second kappa shape index (κ2) is 5.36. The Bertz CT molecular complexity index is 370. The van der Waals surface area contributed by atoms with Crippen molar-refractivity contribution < 1.29 is 19.4 Å². The molecule has 0 spiro atoms. The molecule has 1 aliphatic heterocycles. The van der Waals surface area contributed by atoms with Crippen molar-refractivity contribution in [1.29, 1.82) is 0 Å². The molecule has 1 heterocycles. The Morgan fingerprint density at radius 3 is 2.68 bits per heavy atom. The minimum Gasteiger partial charge on any atom is -0.480 e. The topological polar surface area (TPSA) is 70.1 Å². The fourth-order valence-electron chi connectivity index (χ4n) is 2.66. The first-order valence-corrected chi connectivity index (χ1v) is 6.81. The molecular formula is C13H22N2O4. The predicted molar refractivity (Wildman–Crippen MR) is 69.0 cm³/mol. The highest BCUT2D eigenvalue weighted by molar-refractivity contribution is 5.87. The first kappa shape index (κ1) is 14.1. The normalized spacial score (nSPS) is 26.5. The van der Waals surface area contributed by atoms with Crippen LogP contribution >= 0.6 is 0 Å². The van der Waals surface area contributed by atoms with Gasteiger partial charge in [0.1, 0.15) is 5.54 Å². The first-order valence-electron chi connectivity index (χ1n) is 6.81. The molecule has 2 rings (SSSR count). The molecule has 2 fully saturated rings. The number of hydrogen-bond donors (Lipinski definition) is 1. The van der Waals surface area contributed by atoms with Crippen LogP contribution < -0.4 is 0 Å². The van der Waals surface area contributed by atoms with Crippen LogP contribution in [0.15, 0.2) is 0 Å². The molecule has 1 unspecified atom stereocenters. The van der Waals surface area contributed by atoms with Crippen molar-refractivity contribution in [3.05, 3.63) is 0 Å². The lowest BCUT2D eigenvalue weighted by molar-refractivity contribution is -0.147. The molecule has 1 saturated carbocycles. The lowest BCUT2D eigenvalue weighted by Gasteiger charge is -2.35. The fraction of sp³-hybridized carbons (Fsp3) is 0.846. The third-order valence-electron chi connectivity index (χ3n) is 4.10. The van der Waals surface area contributed by atoms with Crippen molar-refractivity contribution in [2.75, 3.05) is 26.8 Å². The second-order valence-electron chi connectivity index (χ2n) is 5.53. The molecule has 0 bridgehead atoms. The number of carbonyl (C=O) groups excluding carboxylic acids is 1. The molecule has 108 valence electrons. The minimum absolute atomic E-state index is 0.151. The molecule has 1 saturated heterocycles. The second-order valence-corrected chi connectivity index (χ2v) is 5.53. The number of methoxy groups -OCH3 is 1. The molecule has 0 aromatic carbocycles. The van der Waals surface area contributed by atoms with Gasteiger partial charge in [-0.15, -0.1) is 0 Å². The number of carboxylic acids is 1. The van der Waals surface area contributed by atoms with Gasteiger partial charge in [0.25, 0.3) is 0 Å². The van der Waals surface area contributed by atoms with Gasteiger partial charge in [0.05, 0.1) is 6.61 Å². The number of rotatable bonds is 5. The van der Waals surface area contributed by atoms with Crippen LogP contribution in [-0.2, 0) is 9.53 Å². The predicted octanol–water partition coefficient (Wildman–Crippen LogP) is 1.16. The smallest absolute Gasteiger partial charge is 0.329 e. The van der Waals surface area contributed by atoms with Crippen molar-refractivity contribution >= 4 is 12.0 Å². The molecule has 0 aromatic heterocycles. The summed E-state index contributed by atoms with van der Waals surface area (Å²) < 4.78 is 5.03. The summed E-state index contributed by atoms with van der Waals surface area (Å²) in [5.41, 5.74) is -1.06. The third-order valence-corrected chi connectivity index (χ3v) is 4.10. The molecule has 0 radical (unpaired) electrons. The third kappa shape index (κ3) is 2.68. The zero-order chi connectivity index (χ0) is 14.0. The zero-order valence-corrected chi connectivity index (χ0v) is 11.6. The lowest BCUT2D eigenvalue weighted by Crippen LogP contribution is -2.56. The number of ether oxygens (including phenoxy) is 1. The highest BCUT2D eigenvalue weighted by Gasteiger charge is 2.48. The summed E-state index contributed by atoms with van der Waals surface area (Å²) in [6.45, 7) is 3.19. The van der Waals surface area contributed by atoms with Gasteiger partial charge in [0.2, 0.25) is 0 Å². The van der Waals surface area contributed by atoms with Gasteiger partial charge in [-0.3, -0.25) is 0 Å². The Hall–Kier alpha value is -1.30. The Morgan fingerprint density at radius 2 is 2.16 bits per heavy atom. The van der Waals surface area contributed by atoms with E-state index in [0.717, 1.165) is 19.3 Å². The van der Waals surface area contributed by atoms with Crippen LogP contribution in [0.1, 0.15) is 32.6 Å². The standard InChI is InChI=1S/C13H22N2O4/c1-13(11(16)17)6-3-7-15(13)12(18)14(8-9-19-2)10-4-5-10/h10H,3-9H2,1-2H3,(H,16,17).